The summed E-state index contributed by atoms with van der Waals surface area (Å²) in [5.41, 5.74) is 0. The number of carboxylic acids is 1. The summed E-state index contributed by atoms with van der Waals surface area (Å²) in [5.74, 6) is 1.32. The van der Waals surface area contributed by atoms with E-state index in [0.717, 1.165) is 37.6 Å². The van der Waals surface area contributed by atoms with Crippen LogP contribution in [0.5, 0.6) is 0 Å². The zero-order valence-electron chi connectivity index (χ0n) is 11.4. The summed E-state index contributed by atoms with van der Waals surface area (Å²) in [4.78, 5) is 26.2. The highest BCUT2D eigenvalue weighted by atomic mass is 32.2. The van der Waals surface area contributed by atoms with Gasteiger partial charge in [-0.05, 0) is 6.42 Å². The van der Waals surface area contributed by atoms with Crippen molar-refractivity contribution >= 4 is 23.8 Å². The first-order chi connectivity index (χ1) is 9.13. The van der Waals surface area contributed by atoms with Crippen molar-refractivity contribution in [1.29, 1.82) is 0 Å². The Balaban J connectivity index is 2.24. The summed E-state index contributed by atoms with van der Waals surface area (Å²) in [5, 5.41) is 11.6. The van der Waals surface area contributed by atoms with Crippen molar-refractivity contribution in [2.45, 2.75) is 13.3 Å². The van der Waals surface area contributed by atoms with Gasteiger partial charge in [-0.25, -0.2) is 4.79 Å². The van der Waals surface area contributed by atoms with Crippen molar-refractivity contribution in [3.63, 3.8) is 0 Å². The van der Waals surface area contributed by atoms with Gasteiger partial charge in [0.2, 0.25) is 0 Å². The van der Waals surface area contributed by atoms with Crippen molar-refractivity contribution in [2.24, 2.45) is 0 Å². The van der Waals surface area contributed by atoms with Crippen molar-refractivity contribution in [3.8, 4) is 0 Å². The SMILES string of the molecule is CCCN(CC(=O)O)C(=O)NCCN1CCSCC1. The normalized spacial score (nSPS) is 16.1. The molecule has 6 nitrogen and oxygen atoms in total. The molecule has 0 unspecified atom stereocenters. The fraction of sp³-hybridized carbons (Fsp3) is 0.833. The number of rotatable bonds is 7. The second kappa shape index (κ2) is 9.03. The molecule has 0 spiro atoms. The summed E-state index contributed by atoms with van der Waals surface area (Å²) < 4.78 is 0. The van der Waals surface area contributed by atoms with Gasteiger partial charge in [-0.3, -0.25) is 9.69 Å². The molecule has 2 N–H and O–H groups in total. The zero-order valence-corrected chi connectivity index (χ0v) is 12.2. The van der Waals surface area contributed by atoms with Crippen LogP contribution in [0.25, 0.3) is 0 Å². The summed E-state index contributed by atoms with van der Waals surface area (Å²) >= 11 is 1.95. The lowest BCUT2D eigenvalue weighted by Crippen LogP contribution is -2.46. The maximum atomic E-state index is 11.8. The van der Waals surface area contributed by atoms with E-state index in [2.05, 4.69) is 10.2 Å². The number of carboxylic acid groups (broad SMARTS) is 1. The number of hydrogen-bond donors (Lipinski definition) is 2. The standard InChI is InChI=1S/C12H23N3O3S/c1-2-4-15(10-11(16)17)12(18)13-3-5-14-6-8-19-9-7-14/h2-10H2,1H3,(H,13,18)(H,16,17). The molecular formula is C12H23N3O3S. The maximum Gasteiger partial charge on any atom is 0.323 e. The van der Waals surface area contributed by atoms with Gasteiger partial charge in [0.15, 0.2) is 0 Å². The molecule has 0 aliphatic carbocycles. The molecule has 1 heterocycles. The summed E-state index contributed by atoms with van der Waals surface area (Å²) in [7, 11) is 0. The molecule has 0 saturated carbocycles. The van der Waals surface area contributed by atoms with Crippen molar-refractivity contribution in [3.05, 3.63) is 0 Å². The van der Waals surface area contributed by atoms with Gasteiger partial charge in [0, 0.05) is 44.2 Å². The predicted octanol–water partition coefficient (Wildman–Crippen LogP) is 0.541. The Labute approximate surface area is 118 Å². The molecule has 0 atom stereocenters. The molecule has 1 aliphatic rings. The molecule has 1 aliphatic heterocycles. The fourth-order valence-corrected chi connectivity index (χ4v) is 2.92. The first-order valence-electron chi connectivity index (χ1n) is 6.68. The summed E-state index contributed by atoms with van der Waals surface area (Å²) in [6.07, 6.45) is 0.754. The number of nitrogens with one attached hydrogen (secondary N) is 1. The van der Waals surface area contributed by atoms with Gasteiger partial charge in [-0.1, -0.05) is 6.92 Å². The lowest BCUT2D eigenvalue weighted by molar-refractivity contribution is -0.137. The number of amides is 2. The van der Waals surface area contributed by atoms with E-state index in [1.807, 2.05) is 18.7 Å². The number of hydrogen-bond acceptors (Lipinski definition) is 4. The van der Waals surface area contributed by atoms with Crippen LogP contribution in [0, 0.1) is 0 Å². The molecule has 2 amide bonds. The highest BCUT2D eigenvalue weighted by molar-refractivity contribution is 7.99. The first-order valence-corrected chi connectivity index (χ1v) is 7.83. The number of nitrogens with zero attached hydrogens (tertiary/aromatic N) is 2. The van der Waals surface area contributed by atoms with Gasteiger partial charge in [-0.2, -0.15) is 11.8 Å². The van der Waals surface area contributed by atoms with Gasteiger partial charge in [0.1, 0.15) is 6.54 Å². The number of thioether (sulfide) groups is 1. The third kappa shape index (κ3) is 6.68. The van der Waals surface area contributed by atoms with E-state index in [-0.39, 0.29) is 12.6 Å². The van der Waals surface area contributed by atoms with Crippen LogP contribution in [0.4, 0.5) is 4.79 Å². The minimum Gasteiger partial charge on any atom is -0.480 e. The molecule has 0 aromatic carbocycles. The molecule has 0 aromatic heterocycles. The third-order valence-electron chi connectivity index (χ3n) is 2.91. The Morgan fingerprint density at radius 3 is 2.63 bits per heavy atom. The quantitative estimate of drug-likeness (QED) is 0.716. The van der Waals surface area contributed by atoms with E-state index in [4.69, 9.17) is 5.11 Å². The molecule has 1 rings (SSSR count). The number of carbonyl (C=O) groups excluding carboxylic acids is 1. The molecule has 7 heteroatoms. The molecule has 19 heavy (non-hydrogen) atoms. The molecule has 0 aromatic rings. The zero-order chi connectivity index (χ0) is 14.1. The van der Waals surface area contributed by atoms with Crippen LogP contribution >= 0.6 is 11.8 Å². The largest absolute Gasteiger partial charge is 0.480 e. The Bertz CT molecular complexity index is 296. The lowest BCUT2D eigenvalue weighted by atomic mass is 10.4. The molecular weight excluding hydrogens is 266 g/mol. The Morgan fingerprint density at radius 2 is 2.05 bits per heavy atom. The lowest BCUT2D eigenvalue weighted by Gasteiger charge is -2.27. The van der Waals surface area contributed by atoms with Crippen LogP contribution in [0.1, 0.15) is 13.3 Å². The molecule has 110 valence electrons. The Kier molecular flexibility index (Phi) is 7.66. The Hall–Kier alpha value is -0.950. The number of carbonyl (C=O) groups is 2. The van der Waals surface area contributed by atoms with Gasteiger partial charge in [-0.15, -0.1) is 0 Å². The average molecular weight is 289 g/mol. The van der Waals surface area contributed by atoms with E-state index in [0.29, 0.717) is 13.1 Å². The number of urea groups is 1. The highest BCUT2D eigenvalue weighted by Gasteiger charge is 2.16. The van der Waals surface area contributed by atoms with E-state index in [1.54, 1.807) is 0 Å². The van der Waals surface area contributed by atoms with Gasteiger partial charge in [0.05, 0.1) is 0 Å². The summed E-state index contributed by atoms with van der Waals surface area (Å²) in [6.45, 7) is 5.69. The van der Waals surface area contributed by atoms with E-state index in [9.17, 15) is 9.59 Å². The second-order valence-corrected chi connectivity index (χ2v) is 5.73. The van der Waals surface area contributed by atoms with Gasteiger partial charge < -0.3 is 15.3 Å². The van der Waals surface area contributed by atoms with Gasteiger partial charge >= 0.3 is 12.0 Å². The molecule has 1 fully saturated rings. The monoisotopic (exact) mass is 289 g/mol. The van der Waals surface area contributed by atoms with E-state index >= 15 is 0 Å². The van der Waals surface area contributed by atoms with Crippen LogP contribution in [0.3, 0.4) is 0 Å². The van der Waals surface area contributed by atoms with Crippen LogP contribution < -0.4 is 5.32 Å². The average Bonchev–Trinajstić information content (AvgIpc) is 2.39. The third-order valence-corrected chi connectivity index (χ3v) is 3.86. The van der Waals surface area contributed by atoms with Gasteiger partial charge in [0.25, 0.3) is 0 Å². The predicted molar refractivity (Wildman–Crippen MR) is 76.7 cm³/mol. The smallest absolute Gasteiger partial charge is 0.323 e. The Morgan fingerprint density at radius 1 is 1.37 bits per heavy atom. The van der Waals surface area contributed by atoms with Crippen LogP contribution in [-0.2, 0) is 4.79 Å². The van der Waals surface area contributed by atoms with Crippen molar-refractivity contribution in [2.75, 3.05) is 50.8 Å². The maximum absolute atomic E-state index is 11.8. The highest BCUT2D eigenvalue weighted by Crippen LogP contribution is 2.07. The number of aliphatic carboxylic acids is 1. The van der Waals surface area contributed by atoms with Crippen LogP contribution in [0.2, 0.25) is 0 Å². The minimum atomic E-state index is -0.975. The van der Waals surface area contributed by atoms with E-state index < -0.39 is 5.97 Å². The van der Waals surface area contributed by atoms with Crippen LogP contribution in [0.15, 0.2) is 0 Å². The fourth-order valence-electron chi connectivity index (χ4n) is 1.94. The second-order valence-electron chi connectivity index (χ2n) is 4.50. The molecule has 0 bridgehead atoms. The first kappa shape index (κ1) is 16.1. The van der Waals surface area contributed by atoms with Crippen LogP contribution in [-0.4, -0.2) is 77.7 Å². The summed E-state index contributed by atoms with van der Waals surface area (Å²) in [6, 6.07) is -0.282. The van der Waals surface area contributed by atoms with Crippen molar-refractivity contribution < 1.29 is 14.7 Å². The minimum absolute atomic E-state index is 0.236. The topological polar surface area (TPSA) is 72.9 Å². The van der Waals surface area contributed by atoms with Crippen molar-refractivity contribution in [1.82, 2.24) is 15.1 Å². The van der Waals surface area contributed by atoms with E-state index in [1.165, 1.54) is 4.90 Å². The molecule has 0 radical (unpaired) electrons. The molecule has 1 saturated heterocycles.